The summed E-state index contributed by atoms with van der Waals surface area (Å²) in [7, 11) is 0. The van der Waals surface area contributed by atoms with E-state index >= 15 is 0 Å². The van der Waals surface area contributed by atoms with E-state index in [4.69, 9.17) is 0 Å². The van der Waals surface area contributed by atoms with E-state index in [1.54, 1.807) is 0 Å². The van der Waals surface area contributed by atoms with Crippen LogP contribution in [0.15, 0.2) is 30.3 Å². The Morgan fingerprint density at radius 1 is 1.17 bits per heavy atom. The number of nitrogens with zero attached hydrogens (tertiary/aromatic N) is 2. The zero-order chi connectivity index (χ0) is 13.0. The second-order valence-corrected chi connectivity index (χ2v) is 4.44. The van der Waals surface area contributed by atoms with Crippen molar-refractivity contribution < 1.29 is 5.11 Å². The van der Waals surface area contributed by atoms with Gasteiger partial charge in [-0.05, 0) is 19.8 Å². The third-order valence-electron chi connectivity index (χ3n) is 3.16. The molecule has 1 aromatic heterocycles. The summed E-state index contributed by atoms with van der Waals surface area (Å²) in [6.07, 6.45) is 3.07. The van der Waals surface area contributed by atoms with Crippen molar-refractivity contribution >= 4 is 0 Å². The summed E-state index contributed by atoms with van der Waals surface area (Å²) in [4.78, 5) is 0. The molecular weight excluding hydrogens is 224 g/mol. The van der Waals surface area contributed by atoms with Gasteiger partial charge in [-0.25, -0.2) is 0 Å². The molecule has 0 unspecified atom stereocenters. The van der Waals surface area contributed by atoms with Crippen molar-refractivity contribution in [2.75, 3.05) is 0 Å². The Bertz CT molecular complexity index is 503. The molecule has 3 nitrogen and oxygen atoms in total. The molecule has 0 radical (unpaired) electrons. The third-order valence-corrected chi connectivity index (χ3v) is 3.16. The second kappa shape index (κ2) is 5.71. The first-order chi connectivity index (χ1) is 8.77. The molecule has 0 aliphatic heterocycles. The van der Waals surface area contributed by atoms with Gasteiger partial charge in [0.1, 0.15) is 0 Å². The predicted octanol–water partition coefficient (Wildman–Crippen LogP) is 3.62. The van der Waals surface area contributed by atoms with Crippen molar-refractivity contribution in [2.45, 2.75) is 39.7 Å². The minimum atomic E-state index is 0.184. The lowest BCUT2D eigenvalue weighted by Crippen LogP contribution is -2.00. The van der Waals surface area contributed by atoms with Crippen molar-refractivity contribution in [2.24, 2.45) is 0 Å². The van der Waals surface area contributed by atoms with E-state index in [1.807, 2.05) is 29.8 Å². The molecule has 0 fully saturated rings. The average Bonchev–Trinajstić information content (AvgIpc) is 2.73. The lowest BCUT2D eigenvalue weighted by Gasteiger charge is -2.07. The van der Waals surface area contributed by atoms with Crippen LogP contribution in [0.2, 0.25) is 0 Å². The summed E-state index contributed by atoms with van der Waals surface area (Å²) in [6, 6.07) is 10.2. The van der Waals surface area contributed by atoms with Crippen LogP contribution in [0.5, 0.6) is 5.88 Å². The molecule has 0 saturated carbocycles. The van der Waals surface area contributed by atoms with Crippen LogP contribution in [0.4, 0.5) is 0 Å². The van der Waals surface area contributed by atoms with E-state index in [2.05, 4.69) is 24.2 Å². The molecule has 0 amide bonds. The molecule has 2 rings (SSSR count). The van der Waals surface area contributed by atoms with Gasteiger partial charge in [-0.2, -0.15) is 0 Å². The Kier molecular flexibility index (Phi) is 4.03. The number of hydrogen-bond acceptors (Lipinski definition) is 2. The highest BCUT2D eigenvalue weighted by molar-refractivity contribution is 5.65. The molecule has 0 aliphatic carbocycles. The van der Waals surface area contributed by atoms with E-state index in [0.29, 0.717) is 0 Å². The van der Waals surface area contributed by atoms with Crippen LogP contribution in [0.1, 0.15) is 32.3 Å². The van der Waals surface area contributed by atoms with Gasteiger partial charge in [0.05, 0.1) is 5.69 Å². The number of aromatic nitrogens is 2. The Hall–Kier alpha value is -1.77. The maximum Gasteiger partial charge on any atom is 0.234 e. The highest BCUT2D eigenvalue weighted by atomic mass is 16.3. The molecule has 1 N–H and O–H groups in total. The fourth-order valence-corrected chi connectivity index (χ4v) is 2.22. The van der Waals surface area contributed by atoms with Crippen molar-refractivity contribution in [1.82, 2.24) is 9.78 Å². The topological polar surface area (TPSA) is 38.1 Å². The van der Waals surface area contributed by atoms with Crippen LogP contribution >= 0.6 is 0 Å². The molecule has 0 spiro atoms. The van der Waals surface area contributed by atoms with Crippen molar-refractivity contribution in [3.63, 3.8) is 0 Å². The molecule has 2 aromatic rings. The maximum atomic E-state index is 10.00. The van der Waals surface area contributed by atoms with E-state index in [0.717, 1.165) is 42.6 Å². The highest BCUT2D eigenvalue weighted by Gasteiger charge is 2.17. The molecule has 0 bridgehead atoms. The van der Waals surface area contributed by atoms with Crippen LogP contribution < -0.4 is 0 Å². The van der Waals surface area contributed by atoms with E-state index in [9.17, 15) is 5.11 Å². The Labute approximate surface area is 108 Å². The van der Waals surface area contributed by atoms with Crippen molar-refractivity contribution in [3.8, 4) is 17.1 Å². The quantitative estimate of drug-likeness (QED) is 0.872. The van der Waals surface area contributed by atoms with Crippen LogP contribution in [0.25, 0.3) is 11.3 Å². The second-order valence-electron chi connectivity index (χ2n) is 4.44. The molecule has 0 saturated heterocycles. The van der Waals surface area contributed by atoms with E-state index in [-0.39, 0.29) is 5.88 Å². The SMILES string of the molecule is CCCCc1c(O)nn(CC)c1-c1ccccc1. The molecule has 0 aliphatic rings. The van der Waals surface area contributed by atoms with Gasteiger partial charge < -0.3 is 5.11 Å². The standard InChI is InChI=1S/C15H20N2O/c1-3-5-11-13-14(12-9-7-6-8-10-12)17(4-2)16-15(13)18/h6-10H,3-5,11H2,1-2H3,(H,16,18). The van der Waals surface area contributed by atoms with Gasteiger partial charge in [-0.3, -0.25) is 4.68 Å². The van der Waals surface area contributed by atoms with Gasteiger partial charge in [-0.1, -0.05) is 43.7 Å². The van der Waals surface area contributed by atoms with E-state index < -0.39 is 0 Å². The first-order valence-corrected chi connectivity index (χ1v) is 6.62. The normalized spacial score (nSPS) is 10.8. The number of aryl methyl sites for hydroxylation is 1. The molecule has 0 atom stereocenters. The largest absolute Gasteiger partial charge is 0.492 e. The lowest BCUT2D eigenvalue weighted by atomic mass is 10.0. The summed E-state index contributed by atoms with van der Waals surface area (Å²) in [5.41, 5.74) is 3.16. The van der Waals surface area contributed by atoms with Crippen molar-refractivity contribution in [1.29, 1.82) is 0 Å². The van der Waals surface area contributed by atoms with Gasteiger partial charge in [0.15, 0.2) is 0 Å². The number of benzene rings is 1. The molecular formula is C15H20N2O. The Morgan fingerprint density at radius 2 is 1.89 bits per heavy atom. The monoisotopic (exact) mass is 244 g/mol. The molecule has 18 heavy (non-hydrogen) atoms. The number of hydrogen-bond donors (Lipinski definition) is 1. The van der Waals surface area contributed by atoms with Crippen LogP contribution in [-0.4, -0.2) is 14.9 Å². The minimum Gasteiger partial charge on any atom is -0.492 e. The smallest absolute Gasteiger partial charge is 0.234 e. The predicted molar refractivity (Wildman–Crippen MR) is 73.6 cm³/mol. The Balaban J connectivity index is 2.49. The Morgan fingerprint density at radius 3 is 2.50 bits per heavy atom. The first-order valence-electron chi connectivity index (χ1n) is 6.62. The van der Waals surface area contributed by atoms with Crippen LogP contribution in [0, 0.1) is 0 Å². The zero-order valence-electron chi connectivity index (χ0n) is 11.1. The molecule has 1 heterocycles. The third kappa shape index (κ3) is 2.40. The highest BCUT2D eigenvalue weighted by Crippen LogP contribution is 2.31. The van der Waals surface area contributed by atoms with Crippen molar-refractivity contribution in [3.05, 3.63) is 35.9 Å². The average molecular weight is 244 g/mol. The van der Waals surface area contributed by atoms with Gasteiger partial charge in [-0.15, -0.1) is 5.10 Å². The molecule has 1 aromatic carbocycles. The number of unbranched alkanes of at least 4 members (excludes halogenated alkanes) is 1. The van der Waals surface area contributed by atoms with Gasteiger partial charge in [0.2, 0.25) is 5.88 Å². The molecule has 96 valence electrons. The van der Waals surface area contributed by atoms with Crippen LogP contribution in [0.3, 0.4) is 0 Å². The zero-order valence-corrected chi connectivity index (χ0v) is 11.1. The fourth-order valence-electron chi connectivity index (χ4n) is 2.22. The van der Waals surface area contributed by atoms with Crippen LogP contribution in [-0.2, 0) is 13.0 Å². The molecule has 3 heteroatoms. The summed E-state index contributed by atoms with van der Waals surface area (Å²) in [5.74, 6) is 0.184. The van der Waals surface area contributed by atoms with Gasteiger partial charge >= 0.3 is 0 Å². The van der Waals surface area contributed by atoms with E-state index in [1.165, 1.54) is 0 Å². The first kappa shape index (κ1) is 12.7. The number of aromatic hydroxyl groups is 1. The summed E-state index contributed by atoms with van der Waals surface area (Å²) in [6.45, 7) is 4.97. The summed E-state index contributed by atoms with van der Waals surface area (Å²) in [5, 5.41) is 14.2. The summed E-state index contributed by atoms with van der Waals surface area (Å²) >= 11 is 0. The summed E-state index contributed by atoms with van der Waals surface area (Å²) < 4.78 is 1.88. The minimum absolute atomic E-state index is 0.184. The fraction of sp³-hybridized carbons (Fsp3) is 0.400. The number of rotatable bonds is 5. The van der Waals surface area contributed by atoms with Gasteiger partial charge in [0.25, 0.3) is 0 Å². The lowest BCUT2D eigenvalue weighted by molar-refractivity contribution is 0.434. The maximum absolute atomic E-state index is 10.00. The van der Waals surface area contributed by atoms with Gasteiger partial charge in [0, 0.05) is 17.7 Å².